The number of carbonyl (C=O) groups is 1. The van der Waals surface area contributed by atoms with E-state index in [4.69, 9.17) is 9.94 Å². The van der Waals surface area contributed by atoms with E-state index in [0.717, 1.165) is 50.8 Å². The monoisotopic (exact) mass is 320 g/mol. The third kappa shape index (κ3) is 2.55. The molecule has 0 aromatic heterocycles. The maximum Gasteiger partial charge on any atom is 0.274 e. The van der Waals surface area contributed by atoms with Gasteiger partial charge >= 0.3 is 0 Å². The number of hydroxylamine groups is 1. The minimum atomic E-state index is -0.673. The number of nitrogens with one attached hydrogen (secondary N) is 1. The summed E-state index contributed by atoms with van der Waals surface area (Å²) in [7, 11) is 0. The smallest absolute Gasteiger partial charge is 0.274 e. The van der Waals surface area contributed by atoms with Crippen LogP contribution in [0.5, 0.6) is 0 Å². The molecule has 2 fully saturated rings. The summed E-state index contributed by atoms with van der Waals surface area (Å²) in [5.41, 5.74) is 3.37. The molecule has 1 saturated heterocycles. The van der Waals surface area contributed by atoms with Gasteiger partial charge in [0.1, 0.15) is 5.82 Å². The molecule has 1 aliphatic carbocycles. The van der Waals surface area contributed by atoms with Crippen LogP contribution in [0.1, 0.15) is 47.2 Å². The molecular weight excluding hydrogens is 299 g/mol. The van der Waals surface area contributed by atoms with Gasteiger partial charge < -0.3 is 4.74 Å². The molecule has 0 bridgehead atoms. The van der Waals surface area contributed by atoms with Crippen molar-refractivity contribution in [2.24, 2.45) is 0 Å². The molecule has 1 saturated carbocycles. The van der Waals surface area contributed by atoms with Gasteiger partial charge in [0.2, 0.25) is 0 Å². The minimum absolute atomic E-state index is 0.104. The first-order valence-electron chi connectivity index (χ1n) is 8.24. The largest absolute Gasteiger partial charge is 0.375 e. The van der Waals surface area contributed by atoms with Gasteiger partial charge in [0.15, 0.2) is 0 Å². The number of halogens is 1. The fourth-order valence-corrected chi connectivity index (χ4v) is 4.28. The zero-order chi connectivity index (χ0) is 16.0. The van der Waals surface area contributed by atoms with Gasteiger partial charge in [-0.2, -0.15) is 0 Å². The van der Waals surface area contributed by atoms with Gasteiger partial charge in [0, 0.05) is 36.9 Å². The minimum Gasteiger partial charge on any atom is -0.375 e. The molecule has 1 spiro atoms. The molecule has 0 atom stereocenters. The maximum absolute atomic E-state index is 14.4. The highest BCUT2D eigenvalue weighted by Crippen LogP contribution is 2.46. The summed E-state index contributed by atoms with van der Waals surface area (Å²) >= 11 is 0. The second-order valence-electron chi connectivity index (χ2n) is 6.95. The Morgan fingerprint density at radius 2 is 2.26 bits per heavy atom. The first kappa shape index (κ1) is 15.1. The van der Waals surface area contributed by atoms with Crippen LogP contribution in [-0.4, -0.2) is 40.8 Å². The summed E-state index contributed by atoms with van der Waals surface area (Å²) < 4.78 is 20.2. The summed E-state index contributed by atoms with van der Waals surface area (Å²) in [5.74, 6) is -1.04. The van der Waals surface area contributed by atoms with Gasteiger partial charge in [-0.3, -0.25) is 14.9 Å². The van der Waals surface area contributed by atoms with E-state index in [2.05, 4.69) is 4.90 Å². The number of carbonyl (C=O) groups excluding carboxylic acids is 1. The lowest BCUT2D eigenvalue weighted by molar-refractivity contribution is -0.108. The molecule has 5 nitrogen and oxygen atoms in total. The van der Waals surface area contributed by atoms with Crippen molar-refractivity contribution in [2.75, 3.05) is 13.2 Å². The van der Waals surface area contributed by atoms with Gasteiger partial charge in [-0.25, -0.2) is 9.87 Å². The Kier molecular flexibility index (Phi) is 3.63. The van der Waals surface area contributed by atoms with Crippen LogP contribution in [0.3, 0.4) is 0 Å². The molecule has 1 amide bonds. The molecule has 0 radical (unpaired) electrons. The predicted octanol–water partition coefficient (Wildman–Crippen LogP) is 2.01. The highest BCUT2D eigenvalue weighted by molar-refractivity contribution is 5.93. The first-order chi connectivity index (χ1) is 11.1. The first-order valence-corrected chi connectivity index (χ1v) is 8.24. The fraction of sp³-hybridized carbons (Fsp3) is 0.588. The number of benzene rings is 1. The SMILES string of the molecule is O=C(NO)c1cc(F)c2c(c1)CCN(C1CC3(CCCO3)C1)C2. The number of nitrogens with zero attached hydrogens (tertiary/aromatic N) is 1. The van der Waals surface area contributed by atoms with Crippen molar-refractivity contribution in [3.05, 3.63) is 34.6 Å². The summed E-state index contributed by atoms with van der Waals surface area (Å²) in [4.78, 5) is 13.8. The highest BCUT2D eigenvalue weighted by Gasteiger charge is 2.49. The average molecular weight is 320 g/mol. The van der Waals surface area contributed by atoms with Gasteiger partial charge in [0.05, 0.1) is 5.60 Å². The predicted molar refractivity (Wildman–Crippen MR) is 80.7 cm³/mol. The van der Waals surface area contributed by atoms with Gasteiger partial charge in [0.25, 0.3) is 5.91 Å². The highest BCUT2D eigenvalue weighted by atomic mass is 19.1. The van der Waals surface area contributed by atoms with Crippen molar-refractivity contribution in [3.63, 3.8) is 0 Å². The standard InChI is InChI=1S/C17H21FN2O3/c18-15-7-12(16(21)19-22)6-11-2-4-20(10-14(11)15)13-8-17(9-13)3-1-5-23-17/h6-7,13,22H,1-5,8-10H2,(H,19,21). The third-order valence-electron chi connectivity index (χ3n) is 5.60. The van der Waals surface area contributed by atoms with Gasteiger partial charge in [-0.05, 0) is 49.8 Å². The van der Waals surface area contributed by atoms with E-state index in [1.807, 2.05) is 0 Å². The number of ether oxygens (including phenoxy) is 1. The zero-order valence-electron chi connectivity index (χ0n) is 13.0. The summed E-state index contributed by atoms with van der Waals surface area (Å²) in [5, 5.41) is 8.70. The second kappa shape index (κ2) is 5.54. The van der Waals surface area contributed by atoms with E-state index in [1.165, 1.54) is 6.07 Å². The van der Waals surface area contributed by atoms with Crippen LogP contribution in [-0.2, 0) is 17.7 Å². The molecule has 1 aromatic carbocycles. The Morgan fingerprint density at radius 3 is 2.96 bits per heavy atom. The van der Waals surface area contributed by atoms with Crippen LogP contribution in [0.15, 0.2) is 12.1 Å². The third-order valence-corrected chi connectivity index (χ3v) is 5.60. The van der Waals surface area contributed by atoms with Crippen molar-refractivity contribution in [2.45, 2.75) is 50.3 Å². The molecule has 2 N–H and O–H groups in total. The van der Waals surface area contributed by atoms with Crippen LogP contribution < -0.4 is 5.48 Å². The number of hydrogen-bond acceptors (Lipinski definition) is 4. The number of amides is 1. The van der Waals surface area contributed by atoms with Crippen LogP contribution in [0.2, 0.25) is 0 Å². The second-order valence-corrected chi connectivity index (χ2v) is 6.95. The molecule has 124 valence electrons. The Hall–Kier alpha value is -1.50. The average Bonchev–Trinajstić information content (AvgIpc) is 3.02. The van der Waals surface area contributed by atoms with Crippen LogP contribution in [0, 0.1) is 5.82 Å². The molecule has 1 aromatic rings. The molecule has 6 heteroatoms. The normalized spacial score (nSPS) is 30.1. The van der Waals surface area contributed by atoms with E-state index >= 15 is 0 Å². The molecule has 2 aliphatic heterocycles. The zero-order valence-corrected chi connectivity index (χ0v) is 13.0. The van der Waals surface area contributed by atoms with E-state index in [-0.39, 0.29) is 17.0 Å². The number of fused-ring (bicyclic) bond motifs is 1. The molecular formula is C17H21FN2O3. The van der Waals surface area contributed by atoms with Crippen LogP contribution in [0.25, 0.3) is 0 Å². The van der Waals surface area contributed by atoms with Gasteiger partial charge in [-0.1, -0.05) is 0 Å². The van der Waals surface area contributed by atoms with E-state index in [0.29, 0.717) is 18.2 Å². The Balaban J connectivity index is 1.48. The Labute approximate surface area is 134 Å². The van der Waals surface area contributed by atoms with Crippen molar-refractivity contribution in [3.8, 4) is 0 Å². The molecule has 0 unspecified atom stereocenters. The van der Waals surface area contributed by atoms with Crippen LogP contribution >= 0.6 is 0 Å². The summed E-state index contributed by atoms with van der Waals surface area (Å²) in [6.45, 7) is 2.33. The fourth-order valence-electron chi connectivity index (χ4n) is 4.28. The topological polar surface area (TPSA) is 61.8 Å². The van der Waals surface area contributed by atoms with E-state index in [1.54, 1.807) is 11.5 Å². The Morgan fingerprint density at radius 1 is 1.43 bits per heavy atom. The molecule has 2 heterocycles. The van der Waals surface area contributed by atoms with E-state index in [9.17, 15) is 9.18 Å². The lowest BCUT2D eigenvalue weighted by atomic mass is 9.72. The summed E-state index contributed by atoms with van der Waals surface area (Å²) in [6.07, 6.45) is 5.13. The maximum atomic E-state index is 14.4. The molecule has 4 rings (SSSR count). The summed E-state index contributed by atoms with van der Waals surface area (Å²) in [6, 6.07) is 3.36. The van der Waals surface area contributed by atoms with Gasteiger partial charge in [-0.15, -0.1) is 0 Å². The van der Waals surface area contributed by atoms with Crippen LogP contribution in [0.4, 0.5) is 4.39 Å². The lowest BCUT2D eigenvalue weighted by Gasteiger charge is -2.50. The van der Waals surface area contributed by atoms with Crippen molar-refractivity contribution >= 4 is 5.91 Å². The van der Waals surface area contributed by atoms with Crippen molar-refractivity contribution in [1.82, 2.24) is 10.4 Å². The van der Waals surface area contributed by atoms with E-state index < -0.39 is 5.91 Å². The lowest BCUT2D eigenvalue weighted by Crippen LogP contribution is -2.55. The van der Waals surface area contributed by atoms with Crippen molar-refractivity contribution < 1.29 is 19.1 Å². The molecule has 3 aliphatic rings. The number of rotatable bonds is 2. The van der Waals surface area contributed by atoms with Crippen molar-refractivity contribution in [1.29, 1.82) is 0 Å². The molecule has 23 heavy (non-hydrogen) atoms. The quantitative estimate of drug-likeness (QED) is 0.646. The number of hydrogen-bond donors (Lipinski definition) is 2. The Bertz CT molecular complexity index is 635.